The standard InChI is InChI=1S/C5H8N4O3/c1-8(2)9-3-4(12-7-9)6-5(10)11/h3H,1-2H3,(H-,6,7,10,11)/p+1. The quantitative estimate of drug-likeness (QED) is 0.575. The summed E-state index contributed by atoms with van der Waals surface area (Å²) in [6.45, 7) is 0. The molecular weight excluding hydrogens is 164 g/mol. The van der Waals surface area contributed by atoms with Gasteiger partial charge in [0.1, 0.15) is 0 Å². The Labute approximate surface area is 68.1 Å². The van der Waals surface area contributed by atoms with Gasteiger partial charge in [-0.3, -0.25) is 9.84 Å². The van der Waals surface area contributed by atoms with Crippen LogP contribution in [0, 0.1) is 0 Å². The zero-order valence-electron chi connectivity index (χ0n) is 6.68. The van der Waals surface area contributed by atoms with E-state index in [2.05, 4.69) is 9.79 Å². The molecule has 1 heterocycles. The topological polar surface area (TPSA) is 82.5 Å². The van der Waals surface area contributed by atoms with Gasteiger partial charge in [-0.05, 0) is 0 Å². The van der Waals surface area contributed by atoms with E-state index >= 15 is 0 Å². The number of nitrogens with zero attached hydrogens (tertiary/aromatic N) is 3. The van der Waals surface area contributed by atoms with Crippen LogP contribution < -0.4 is 15.1 Å². The fourth-order valence-electron chi connectivity index (χ4n) is 0.587. The third kappa shape index (κ3) is 1.84. The molecule has 1 aromatic heterocycles. The second kappa shape index (κ2) is 3.07. The number of amides is 1. The molecule has 7 heteroatoms. The van der Waals surface area contributed by atoms with Gasteiger partial charge in [0.2, 0.25) is 5.27 Å². The monoisotopic (exact) mass is 173 g/mol. The van der Waals surface area contributed by atoms with Gasteiger partial charge in [0, 0.05) is 0 Å². The predicted molar refractivity (Wildman–Crippen MR) is 38.4 cm³/mol. The maximum Gasteiger partial charge on any atom is 0.411 e. The molecule has 0 radical (unpaired) electrons. The molecule has 0 spiro atoms. The molecule has 1 aromatic rings. The molecule has 0 aliphatic rings. The predicted octanol–water partition coefficient (Wildman–Crippen LogP) is -0.750. The van der Waals surface area contributed by atoms with E-state index in [-0.39, 0.29) is 5.88 Å². The highest BCUT2D eigenvalue weighted by Crippen LogP contribution is 1.98. The first-order chi connectivity index (χ1) is 5.59. The summed E-state index contributed by atoms with van der Waals surface area (Å²) in [7, 11) is 3.49. The molecule has 0 aliphatic heterocycles. The Kier molecular flexibility index (Phi) is 2.13. The summed E-state index contributed by atoms with van der Waals surface area (Å²) in [5.41, 5.74) is 0. The lowest BCUT2D eigenvalue weighted by Crippen LogP contribution is -2.53. The molecule has 0 aliphatic carbocycles. The maximum absolute atomic E-state index is 10.1. The van der Waals surface area contributed by atoms with Crippen molar-refractivity contribution in [2.24, 2.45) is 0 Å². The van der Waals surface area contributed by atoms with E-state index in [0.29, 0.717) is 0 Å². The molecule has 0 saturated heterocycles. The van der Waals surface area contributed by atoms with Crippen molar-refractivity contribution in [2.75, 3.05) is 24.4 Å². The minimum Gasteiger partial charge on any atom is -0.465 e. The van der Waals surface area contributed by atoms with E-state index in [1.165, 1.54) is 11.0 Å². The first-order valence-corrected chi connectivity index (χ1v) is 3.16. The van der Waals surface area contributed by atoms with Crippen molar-refractivity contribution in [3.8, 4) is 0 Å². The zero-order chi connectivity index (χ0) is 9.14. The summed E-state index contributed by atoms with van der Waals surface area (Å²) in [6.07, 6.45) is 0.228. The molecule has 0 saturated carbocycles. The van der Waals surface area contributed by atoms with Crippen molar-refractivity contribution in [1.29, 1.82) is 0 Å². The number of rotatable bonds is 2. The van der Waals surface area contributed by atoms with Crippen LogP contribution in [0.3, 0.4) is 0 Å². The smallest absolute Gasteiger partial charge is 0.411 e. The highest BCUT2D eigenvalue weighted by atomic mass is 16.5. The molecule has 0 aromatic carbocycles. The van der Waals surface area contributed by atoms with Crippen LogP contribution in [-0.2, 0) is 0 Å². The van der Waals surface area contributed by atoms with E-state index in [0.717, 1.165) is 0 Å². The summed E-state index contributed by atoms with van der Waals surface area (Å²) in [5, 5.41) is 15.4. The summed E-state index contributed by atoms with van der Waals surface area (Å²) in [5.74, 6) is 0.0798. The Hall–Kier alpha value is -1.79. The number of hydrogen-bond donors (Lipinski definition) is 2. The first kappa shape index (κ1) is 8.31. The van der Waals surface area contributed by atoms with E-state index in [9.17, 15) is 4.79 Å². The summed E-state index contributed by atoms with van der Waals surface area (Å²) in [6, 6.07) is 0. The molecule has 66 valence electrons. The van der Waals surface area contributed by atoms with Crippen LogP contribution in [0.25, 0.3) is 0 Å². The largest absolute Gasteiger partial charge is 0.465 e. The highest BCUT2D eigenvalue weighted by molar-refractivity contribution is 5.80. The third-order valence-electron chi connectivity index (χ3n) is 1.10. The van der Waals surface area contributed by atoms with Crippen LogP contribution in [0.4, 0.5) is 10.7 Å². The van der Waals surface area contributed by atoms with Crippen molar-refractivity contribution in [3.63, 3.8) is 0 Å². The van der Waals surface area contributed by atoms with Gasteiger partial charge in [-0.15, -0.1) is 0 Å². The first-order valence-electron chi connectivity index (χ1n) is 3.16. The third-order valence-corrected chi connectivity index (χ3v) is 1.10. The second-order valence-electron chi connectivity index (χ2n) is 2.26. The van der Waals surface area contributed by atoms with Gasteiger partial charge in [-0.2, -0.15) is 5.01 Å². The fourth-order valence-corrected chi connectivity index (χ4v) is 0.587. The molecule has 12 heavy (non-hydrogen) atoms. The van der Waals surface area contributed by atoms with E-state index < -0.39 is 6.09 Å². The number of aromatic nitrogens is 2. The molecule has 1 amide bonds. The van der Waals surface area contributed by atoms with Crippen molar-refractivity contribution < 1.29 is 19.2 Å². The summed E-state index contributed by atoms with van der Waals surface area (Å²) in [4.78, 5) is 11.5. The van der Waals surface area contributed by atoms with Crippen LogP contribution >= 0.6 is 0 Å². The molecule has 0 fully saturated rings. The fraction of sp³-hybridized carbons (Fsp3) is 0.400. The van der Waals surface area contributed by atoms with Gasteiger partial charge in [-0.1, -0.05) is 0 Å². The summed E-state index contributed by atoms with van der Waals surface area (Å²) >= 11 is 0. The average Bonchev–Trinajstić information content (AvgIpc) is 2.34. The molecule has 0 unspecified atom stereocenters. The van der Waals surface area contributed by atoms with E-state index in [1.54, 1.807) is 19.1 Å². The highest BCUT2D eigenvalue weighted by Gasteiger charge is 2.14. The number of hydrogen-bond acceptors (Lipinski definition) is 4. The minimum absolute atomic E-state index is 0.0798. The molecular formula is C5H9N4O3+. The van der Waals surface area contributed by atoms with Crippen molar-refractivity contribution in [1.82, 2.24) is 5.27 Å². The zero-order valence-corrected chi connectivity index (χ0v) is 6.68. The van der Waals surface area contributed by atoms with Crippen molar-refractivity contribution in [2.45, 2.75) is 0 Å². The van der Waals surface area contributed by atoms with Crippen molar-refractivity contribution >= 4 is 12.0 Å². The van der Waals surface area contributed by atoms with Crippen LogP contribution in [0.1, 0.15) is 0 Å². The van der Waals surface area contributed by atoms with E-state index in [4.69, 9.17) is 5.11 Å². The lowest BCUT2D eigenvalue weighted by molar-refractivity contribution is -0.753. The Morgan fingerprint density at radius 2 is 2.50 bits per heavy atom. The number of nitrogens with one attached hydrogen (secondary N) is 1. The SMILES string of the molecule is CN(C)[n+]1cc(NC(=O)O)on1. The lowest BCUT2D eigenvalue weighted by Gasteiger charge is -1.93. The molecule has 0 bridgehead atoms. The number of carboxylic acid groups (broad SMARTS) is 1. The van der Waals surface area contributed by atoms with Gasteiger partial charge in [0.15, 0.2) is 0 Å². The average molecular weight is 173 g/mol. The van der Waals surface area contributed by atoms with Crippen LogP contribution in [-0.4, -0.2) is 30.6 Å². The molecule has 0 atom stereocenters. The van der Waals surface area contributed by atoms with Gasteiger partial charge in [-0.25, -0.2) is 4.79 Å². The lowest BCUT2D eigenvalue weighted by atomic mass is 10.8. The molecule has 1 rings (SSSR count). The molecule has 2 N–H and O–H groups in total. The van der Waals surface area contributed by atoms with Crippen molar-refractivity contribution in [3.05, 3.63) is 6.20 Å². The second-order valence-corrected chi connectivity index (χ2v) is 2.26. The number of anilines is 1. The molecule has 7 nitrogen and oxygen atoms in total. The van der Waals surface area contributed by atoms with Crippen LogP contribution in [0.5, 0.6) is 0 Å². The Bertz CT molecular complexity index is 282. The summed E-state index contributed by atoms with van der Waals surface area (Å²) < 4.78 is 4.62. The van der Waals surface area contributed by atoms with Crippen LogP contribution in [0.2, 0.25) is 0 Å². The van der Waals surface area contributed by atoms with Gasteiger partial charge < -0.3 is 5.11 Å². The Balaban J connectivity index is 2.70. The van der Waals surface area contributed by atoms with Crippen LogP contribution in [0.15, 0.2) is 10.7 Å². The Morgan fingerprint density at radius 1 is 1.83 bits per heavy atom. The van der Waals surface area contributed by atoms with E-state index in [1.807, 2.05) is 5.32 Å². The minimum atomic E-state index is -1.18. The Morgan fingerprint density at radius 3 is 2.92 bits per heavy atom. The van der Waals surface area contributed by atoms with Gasteiger partial charge >= 0.3 is 12.0 Å². The van der Waals surface area contributed by atoms with Gasteiger partial charge in [0.25, 0.3) is 6.20 Å². The number of carbonyl (C=O) groups is 1. The maximum atomic E-state index is 10.1. The normalized spacial score (nSPS) is 9.50. The van der Waals surface area contributed by atoms with Gasteiger partial charge in [0.05, 0.1) is 18.9 Å².